The highest BCUT2D eigenvalue weighted by Gasteiger charge is 2.31. The maximum atomic E-state index is 13.1. The Morgan fingerprint density at radius 3 is 2.35 bits per heavy atom. The van der Waals surface area contributed by atoms with E-state index in [0.717, 1.165) is 10.6 Å². The summed E-state index contributed by atoms with van der Waals surface area (Å²) in [5.74, 6) is -0.107. The molecular weight excluding hydrogens is 416 g/mol. The molecule has 0 aliphatic carbocycles. The number of benzene rings is 3. The van der Waals surface area contributed by atoms with Crippen molar-refractivity contribution in [1.29, 1.82) is 0 Å². The second-order valence-corrected chi connectivity index (χ2v) is 7.00. The second-order valence-electron chi connectivity index (χ2n) is 6.56. The summed E-state index contributed by atoms with van der Waals surface area (Å²) in [6, 6.07) is 22.3. The van der Waals surface area contributed by atoms with Gasteiger partial charge in [-0.05, 0) is 29.8 Å². The zero-order chi connectivity index (χ0) is 21.8. The van der Waals surface area contributed by atoms with Gasteiger partial charge in [-0.1, -0.05) is 66.2 Å². The Labute approximate surface area is 182 Å². The van der Waals surface area contributed by atoms with Gasteiger partial charge in [-0.15, -0.1) is 0 Å². The predicted molar refractivity (Wildman–Crippen MR) is 120 cm³/mol. The monoisotopic (exact) mass is 430 g/mol. The van der Waals surface area contributed by atoms with Gasteiger partial charge in [0.25, 0.3) is 11.6 Å². The zero-order valence-electron chi connectivity index (χ0n) is 16.1. The van der Waals surface area contributed by atoms with Crippen molar-refractivity contribution in [3.05, 3.63) is 116 Å². The number of hydrazone groups is 1. The van der Waals surface area contributed by atoms with E-state index in [1.54, 1.807) is 48.5 Å². The number of hydrogen-bond acceptors (Lipinski definition) is 5. The van der Waals surface area contributed by atoms with Crippen molar-refractivity contribution < 1.29 is 9.72 Å². The number of rotatable bonds is 5. The van der Waals surface area contributed by atoms with Gasteiger partial charge in [0, 0.05) is 16.7 Å². The van der Waals surface area contributed by atoms with Gasteiger partial charge in [0.1, 0.15) is 5.70 Å². The van der Waals surface area contributed by atoms with Gasteiger partial charge in [-0.2, -0.15) is 10.1 Å². The van der Waals surface area contributed by atoms with Crippen LogP contribution >= 0.6 is 11.6 Å². The van der Waals surface area contributed by atoms with Crippen molar-refractivity contribution in [2.45, 2.75) is 0 Å². The number of carbonyl (C=O) groups is 1. The molecule has 0 saturated carbocycles. The Hall–Kier alpha value is -4.10. The number of nitro benzene ring substituents is 1. The molecule has 31 heavy (non-hydrogen) atoms. The van der Waals surface area contributed by atoms with Crippen LogP contribution in [0.25, 0.3) is 6.08 Å². The molecule has 0 atom stereocenters. The van der Waals surface area contributed by atoms with Crippen LogP contribution in [0.15, 0.2) is 94.7 Å². The van der Waals surface area contributed by atoms with Gasteiger partial charge in [0.05, 0.1) is 16.7 Å². The molecule has 0 radical (unpaired) electrons. The number of aliphatic imine (C=N–C) groups is 1. The first-order valence-electron chi connectivity index (χ1n) is 9.26. The summed E-state index contributed by atoms with van der Waals surface area (Å²) in [6.07, 6.45) is 2.93. The fourth-order valence-electron chi connectivity index (χ4n) is 2.99. The number of halogens is 1. The molecule has 0 spiro atoms. The molecule has 1 heterocycles. The molecule has 3 aromatic rings. The van der Waals surface area contributed by atoms with Crippen LogP contribution in [-0.4, -0.2) is 27.9 Å². The molecule has 4 rings (SSSR count). The van der Waals surface area contributed by atoms with E-state index in [4.69, 9.17) is 11.6 Å². The standard InChI is InChI=1S/C23H15ClN4O3/c24-19-12-10-16(11-13-19)14-20-23(29)27(22(26-20)17-6-2-1-3-7-17)25-15-18-8-4-5-9-21(18)28(30)31/h1-15H/b20-14+,25-15+. The van der Waals surface area contributed by atoms with Crippen molar-refractivity contribution in [2.75, 3.05) is 0 Å². The number of carbonyl (C=O) groups excluding carboxylic acids is 1. The lowest BCUT2D eigenvalue weighted by molar-refractivity contribution is -0.385. The van der Waals surface area contributed by atoms with Gasteiger partial charge >= 0.3 is 0 Å². The first kappa shape index (κ1) is 20.2. The number of amides is 1. The Kier molecular flexibility index (Phi) is 5.68. The van der Waals surface area contributed by atoms with Gasteiger partial charge < -0.3 is 0 Å². The maximum absolute atomic E-state index is 13.1. The zero-order valence-corrected chi connectivity index (χ0v) is 16.8. The van der Waals surface area contributed by atoms with Crippen LogP contribution in [0.3, 0.4) is 0 Å². The summed E-state index contributed by atoms with van der Waals surface area (Å²) in [4.78, 5) is 28.3. The Balaban J connectivity index is 1.74. The highest BCUT2D eigenvalue weighted by molar-refractivity contribution is 6.30. The Morgan fingerprint density at radius 2 is 1.65 bits per heavy atom. The third-order valence-corrected chi connectivity index (χ3v) is 4.74. The molecule has 0 saturated heterocycles. The van der Waals surface area contributed by atoms with Crippen LogP contribution in [0.4, 0.5) is 5.69 Å². The van der Waals surface area contributed by atoms with Crippen molar-refractivity contribution in [2.24, 2.45) is 10.1 Å². The minimum atomic E-state index is -0.495. The highest BCUT2D eigenvalue weighted by Crippen LogP contribution is 2.24. The molecule has 0 unspecified atom stereocenters. The van der Waals surface area contributed by atoms with E-state index in [9.17, 15) is 14.9 Å². The third-order valence-electron chi connectivity index (χ3n) is 4.49. The molecule has 7 nitrogen and oxygen atoms in total. The van der Waals surface area contributed by atoms with E-state index in [0.29, 0.717) is 16.4 Å². The van der Waals surface area contributed by atoms with E-state index in [-0.39, 0.29) is 16.9 Å². The quantitative estimate of drug-likeness (QED) is 0.249. The topological polar surface area (TPSA) is 88.2 Å². The minimum absolute atomic E-state index is 0.104. The van der Waals surface area contributed by atoms with E-state index in [2.05, 4.69) is 10.1 Å². The summed E-state index contributed by atoms with van der Waals surface area (Å²) in [5.41, 5.74) is 1.82. The van der Waals surface area contributed by atoms with Crippen LogP contribution in [0.5, 0.6) is 0 Å². The van der Waals surface area contributed by atoms with Gasteiger partial charge in [0.2, 0.25) is 0 Å². The molecule has 1 aliphatic rings. The number of amidine groups is 1. The number of para-hydroxylation sites is 1. The Bertz CT molecular complexity index is 1240. The summed E-state index contributed by atoms with van der Waals surface area (Å²) >= 11 is 5.93. The summed E-state index contributed by atoms with van der Waals surface area (Å²) in [7, 11) is 0. The molecule has 1 amide bonds. The molecule has 0 bridgehead atoms. The smallest absolute Gasteiger partial charge is 0.265 e. The van der Waals surface area contributed by atoms with Gasteiger partial charge in [-0.25, -0.2) is 4.99 Å². The molecule has 0 aromatic heterocycles. The van der Waals surface area contributed by atoms with Gasteiger partial charge in [0.15, 0.2) is 5.84 Å². The van der Waals surface area contributed by atoms with E-state index in [1.807, 2.05) is 30.3 Å². The summed E-state index contributed by atoms with van der Waals surface area (Å²) < 4.78 is 0. The van der Waals surface area contributed by atoms with E-state index < -0.39 is 10.8 Å². The predicted octanol–water partition coefficient (Wildman–Crippen LogP) is 4.91. The Morgan fingerprint density at radius 1 is 0.968 bits per heavy atom. The molecule has 8 heteroatoms. The SMILES string of the molecule is O=C1/C(=C\c2ccc(Cl)cc2)N=C(c2ccccc2)N1/N=C/c1ccccc1[N+](=O)[O-]. The molecular formula is C23H15ClN4O3. The van der Waals surface area contributed by atoms with Crippen molar-refractivity contribution in [3.63, 3.8) is 0 Å². The second kappa shape index (κ2) is 8.73. The lowest BCUT2D eigenvalue weighted by atomic mass is 10.2. The molecule has 1 aliphatic heterocycles. The highest BCUT2D eigenvalue weighted by atomic mass is 35.5. The van der Waals surface area contributed by atoms with Crippen LogP contribution in [0.2, 0.25) is 5.02 Å². The van der Waals surface area contributed by atoms with E-state index >= 15 is 0 Å². The molecule has 3 aromatic carbocycles. The number of hydrogen-bond donors (Lipinski definition) is 0. The molecule has 0 N–H and O–H groups in total. The fourth-order valence-corrected chi connectivity index (χ4v) is 3.11. The van der Waals surface area contributed by atoms with Crippen molar-refractivity contribution in [1.82, 2.24) is 5.01 Å². The lowest BCUT2D eigenvalue weighted by Crippen LogP contribution is -2.27. The summed E-state index contributed by atoms with van der Waals surface area (Å²) in [5, 5.41) is 17.2. The molecule has 0 fully saturated rings. The number of nitro groups is 1. The van der Waals surface area contributed by atoms with Gasteiger partial charge in [-0.3, -0.25) is 14.9 Å². The van der Waals surface area contributed by atoms with Crippen LogP contribution < -0.4 is 0 Å². The largest absolute Gasteiger partial charge is 0.298 e. The average Bonchev–Trinajstić information content (AvgIpc) is 3.09. The van der Waals surface area contributed by atoms with Crippen molar-refractivity contribution in [3.8, 4) is 0 Å². The van der Waals surface area contributed by atoms with Crippen LogP contribution in [0.1, 0.15) is 16.7 Å². The number of nitrogens with zero attached hydrogens (tertiary/aromatic N) is 4. The first-order chi connectivity index (χ1) is 15.0. The van der Waals surface area contributed by atoms with Crippen LogP contribution in [-0.2, 0) is 4.79 Å². The fraction of sp³-hybridized carbons (Fsp3) is 0. The van der Waals surface area contributed by atoms with E-state index in [1.165, 1.54) is 12.3 Å². The lowest BCUT2D eigenvalue weighted by Gasteiger charge is -2.11. The third kappa shape index (κ3) is 4.41. The normalized spacial score (nSPS) is 15.0. The molecule has 152 valence electrons. The average molecular weight is 431 g/mol. The van der Waals surface area contributed by atoms with Crippen LogP contribution in [0, 0.1) is 10.1 Å². The minimum Gasteiger partial charge on any atom is -0.265 e. The van der Waals surface area contributed by atoms with Crippen molar-refractivity contribution >= 4 is 41.3 Å². The summed E-state index contributed by atoms with van der Waals surface area (Å²) in [6.45, 7) is 0. The maximum Gasteiger partial charge on any atom is 0.298 e. The first-order valence-corrected chi connectivity index (χ1v) is 9.64.